The van der Waals surface area contributed by atoms with Crippen LogP contribution >= 0.6 is 11.3 Å². The smallest absolute Gasteiger partial charge is 0.193 e. The summed E-state index contributed by atoms with van der Waals surface area (Å²) in [6.07, 6.45) is 2.89. The summed E-state index contributed by atoms with van der Waals surface area (Å²) in [6.45, 7) is 3.70. The summed E-state index contributed by atoms with van der Waals surface area (Å²) in [4.78, 5) is 7.87. The number of aryl methyl sites for hydroxylation is 1. The fourth-order valence-corrected chi connectivity index (χ4v) is 2.65. The van der Waals surface area contributed by atoms with Crippen molar-refractivity contribution < 1.29 is 0 Å². The van der Waals surface area contributed by atoms with Gasteiger partial charge in [0.15, 0.2) is 5.96 Å². The zero-order valence-corrected chi connectivity index (χ0v) is 13.0. The summed E-state index contributed by atoms with van der Waals surface area (Å²) in [5, 5.41) is 12.4. The lowest BCUT2D eigenvalue weighted by molar-refractivity contribution is 0.486. The van der Waals surface area contributed by atoms with E-state index in [1.807, 2.05) is 20.2 Å². The summed E-state index contributed by atoms with van der Waals surface area (Å²) in [6, 6.07) is 4.26. The fraction of sp³-hybridized carbons (Fsp3) is 0.429. The number of nitrogens with one attached hydrogen (secondary N) is 2. The van der Waals surface area contributed by atoms with Gasteiger partial charge in [-0.05, 0) is 24.8 Å². The summed E-state index contributed by atoms with van der Waals surface area (Å²) in [5.41, 5.74) is 2.26. The van der Waals surface area contributed by atoms with Crippen LogP contribution < -0.4 is 5.32 Å². The van der Waals surface area contributed by atoms with Crippen LogP contribution in [0, 0.1) is 6.92 Å². The first-order valence-electron chi connectivity index (χ1n) is 6.63. The Morgan fingerprint density at radius 1 is 1.55 bits per heavy atom. The van der Waals surface area contributed by atoms with E-state index in [1.54, 1.807) is 11.3 Å². The summed E-state index contributed by atoms with van der Waals surface area (Å²) in [7, 11) is 3.87. The molecule has 0 aliphatic heterocycles. The number of aromatic amines is 1. The molecule has 0 saturated carbocycles. The number of thiophene rings is 1. The van der Waals surface area contributed by atoms with Crippen molar-refractivity contribution in [3.8, 4) is 0 Å². The summed E-state index contributed by atoms with van der Waals surface area (Å²) >= 11 is 1.80. The second-order valence-electron chi connectivity index (χ2n) is 4.67. The standard InChI is InChI=1S/C14H21N5S/c1-11-12(10-17-18-11)9-16-14(15-2)19(3)7-6-13-5-4-8-20-13/h4-5,8,10H,6-7,9H2,1-3H3,(H,15,16)(H,17,18). The molecule has 20 heavy (non-hydrogen) atoms. The molecule has 0 atom stereocenters. The predicted molar refractivity (Wildman–Crippen MR) is 84.2 cm³/mol. The first kappa shape index (κ1) is 14.6. The molecule has 2 rings (SSSR count). The minimum atomic E-state index is 0.734. The second-order valence-corrected chi connectivity index (χ2v) is 5.70. The van der Waals surface area contributed by atoms with E-state index in [1.165, 1.54) is 4.88 Å². The third-order valence-corrected chi connectivity index (χ3v) is 4.15. The Balaban J connectivity index is 1.83. The zero-order chi connectivity index (χ0) is 14.4. The molecule has 6 heteroatoms. The van der Waals surface area contributed by atoms with Gasteiger partial charge in [0, 0.05) is 43.3 Å². The molecule has 0 spiro atoms. The van der Waals surface area contributed by atoms with Gasteiger partial charge in [0.05, 0.1) is 6.20 Å². The van der Waals surface area contributed by atoms with Crippen LogP contribution in [0.5, 0.6) is 0 Å². The highest BCUT2D eigenvalue weighted by Crippen LogP contribution is 2.09. The van der Waals surface area contributed by atoms with Crippen molar-refractivity contribution in [2.45, 2.75) is 19.9 Å². The van der Waals surface area contributed by atoms with Crippen molar-refractivity contribution in [3.63, 3.8) is 0 Å². The van der Waals surface area contributed by atoms with E-state index in [-0.39, 0.29) is 0 Å². The third kappa shape index (κ3) is 3.84. The number of hydrogen-bond donors (Lipinski definition) is 2. The van der Waals surface area contributed by atoms with Gasteiger partial charge in [0.25, 0.3) is 0 Å². The van der Waals surface area contributed by atoms with Crippen molar-refractivity contribution in [1.82, 2.24) is 20.4 Å². The Kier molecular flexibility index (Phi) is 5.17. The van der Waals surface area contributed by atoms with Crippen LogP contribution in [-0.2, 0) is 13.0 Å². The van der Waals surface area contributed by atoms with E-state index >= 15 is 0 Å². The predicted octanol–water partition coefficient (Wildman–Crippen LogP) is 2.03. The SMILES string of the molecule is CN=C(NCc1cn[nH]c1C)N(C)CCc1cccs1. The van der Waals surface area contributed by atoms with E-state index in [9.17, 15) is 0 Å². The van der Waals surface area contributed by atoms with E-state index in [4.69, 9.17) is 0 Å². The molecule has 0 saturated heterocycles. The molecular weight excluding hydrogens is 270 g/mol. The van der Waals surface area contributed by atoms with Gasteiger partial charge in [0.2, 0.25) is 0 Å². The van der Waals surface area contributed by atoms with Crippen LogP contribution in [0.3, 0.4) is 0 Å². The molecule has 0 aromatic carbocycles. The zero-order valence-electron chi connectivity index (χ0n) is 12.2. The molecule has 0 aliphatic carbocycles. The molecular formula is C14H21N5S. The number of hydrogen-bond acceptors (Lipinski definition) is 3. The molecule has 0 fully saturated rings. The van der Waals surface area contributed by atoms with Crippen molar-refractivity contribution >= 4 is 17.3 Å². The first-order chi connectivity index (χ1) is 9.70. The summed E-state index contributed by atoms with van der Waals surface area (Å²) < 4.78 is 0. The number of guanidine groups is 1. The molecule has 2 aromatic heterocycles. The number of likely N-dealkylation sites (N-methyl/N-ethyl adjacent to an activating group) is 1. The molecule has 5 nitrogen and oxygen atoms in total. The number of H-pyrrole nitrogens is 1. The molecule has 0 amide bonds. The van der Waals surface area contributed by atoms with Crippen LogP contribution in [-0.4, -0.2) is 41.7 Å². The van der Waals surface area contributed by atoms with Gasteiger partial charge in [0.1, 0.15) is 0 Å². The Morgan fingerprint density at radius 3 is 3.00 bits per heavy atom. The topological polar surface area (TPSA) is 56.3 Å². The van der Waals surface area contributed by atoms with E-state index in [2.05, 4.69) is 50.0 Å². The van der Waals surface area contributed by atoms with Crippen LogP contribution in [0.25, 0.3) is 0 Å². The number of rotatable bonds is 5. The van der Waals surface area contributed by atoms with Gasteiger partial charge in [-0.3, -0.25) is 10.1 Å². The van der Waals surface area contributed by atoms with Crippen LogP contribution in [0.2, 0.25) is 0 Å². The summed E-state index contributed by atoms with van der Waals surface area (Å²) in [5.74, 6) is 0.905. The van der Waals surface area contributed by atoms with Crippen LogP contribution in [0.1, 0.15) is 16.1 Å². The van der Waals surface area contributed by atoms with Gasteiger partial charge in [-0.15, -0.1) is 11.3 Å². The van der Waals surface area contributed by atoms with Crippen molar-refractivity contribution in [2.24, 2.45) is 4.99 Å². The van der Waals surface area contributed by atoms with E-state index in [0.29, 0.717) is 0 Å². The molecule has 2 N–H and O–H groups in total. The monoisotopic (exact) mass is 291 g/mol. The largest absolute Gasteiger partial charge is 0.352 e. The highest BCUT2D eigenvalue weighted by Gasteiger charge is 2.07. The maximum Gasteiger partial charge on any atom is 0.193 e. The Bertz CT molecular complexity index is 544. The first-order valence-corrected chi connectivity index (χ1v) is 7.51. The lowest BCUT2D eigenvalue weighted by Crippen LogP contribution is -2.39. The Morgan fingerprint density at radius 2 is 2.40 bits per heavy atom. The molecule has 2 aromatic rings. The lowest BCUT2D eigenvalue weighted by Gasteiger charge is -2.21. The fourth-order valence-electron chi connectivity index (χ4n) is 1.95. The average molecular weight is 291 g/mol. The molecule has 0 unspecified atom stereocenters. The second kappa shape index (κ2) is 7.09. The normalized spacial score (nSPS) is 11.7. The van der Waals surface area contributed by atoms with Crippen LogP contribution in [0.4, 0.5) is 0 Å². The van der Waals surface area contributed by atoms with Crippen molar-refractivity contribution in [1.29, 1.82) is 0 Å². The highest BCUT2D eigenvalue weighted by molar-refractivity contribution is 7.09. The van der Waals surface area contributed by atoms with Gasteiger partial charge in [-0.25, -0.2) is 0 Å². The maximum absolute atomic E-state index is 4.32. The van der Waals surface area contributed by atoms with E-state index < -0.39 is 0 Å². The van der Waals surface area contributed by atoms with E-state index in [0.717, 1.165) is 36.7 Å². The highest BCUT2D eigenvalue weighted by atomic mass is 32.1. The van der Waals surface area contributed by atoms with Crippen molar-refractivity contribution in [2.75, 3.05) is 20.6 Å². The molecule has 108 valence electrons. The van der Waals surface area contributed by atoms with Gasteiger partial charge >= 0.3 is 0 Å². The minimum absolute atomic E-state index is 0.734. The quantitative estimate of drug-likeness (QED) is 0.654. The number of aromatic nitrogens is 2. The van der Waals surface area contributed by atoms with Gasteiger partial charge in [-0.2, -0.15) is 5.10 Å². The maximum atomic E-state index is 4.32. The molecule has 0 aliphatic rings. The number of aliphatic imine (C=N–C) groups is 1. The minimum Gasteiger partial charge on any atom is -0.352 e. The van der Waals surface area contributed by atoms with Crippen molar-refractivity contribution in [3.05, 3.63) is 39.8 Å². The third-order valence-electron chi connectivity index (χ3n) is 3.22. The molecule has 0 bridgehead atoms. The van der Waals surface area contributed by atoms with Gasteiger partial charge in [-0.1, -0.05) is 6.07 Å². The van der Waals surface area contributed by atoms with Gasteiger partial charge < -0.3 is 10.2 Å². The van der Waals surface area contributed by atoms with Crippen LogP contribution in [0.15, 0.2) is 28.7 Å². The molecule has 2 heterocycles. The lowest BCUT2D eigenvalue weighted by atomic mass is 10.2. The molecule has 0 radical (unpaired) electrons. The number of nitrogens with zero attached hydrogens (tertiary/aromatic N) is 3. The average Bonchev–Trinajstić information content (AvgIpc) is 3.09. The Hall–Kier alpha value is -1.82. The Labute approximate surface area is 123 Å².